The molecule has 2 amide bonds. The maximum absolute atomic E-state index is 12.7. The molecule has 0 saturated heterocycles. The molecule has 0 bridgehead atoms. The number of para-hydroxylation sites is 1. The third-order valence-corrected chi connectivity index (χ3v) is 5.77. The minimum absolute atomic E-state index is 0.0323. The number of carbonyl (C=O) groups is 3. The first-order chi connectivity index (χ1) is 16.5. The van der Waals surface area contributed by atoms with Gasteiger partial charge in [0.05, 0.1) is 5.69 Å². The van der Waals surface area contributed by atoms with E-state index in [1.807, 2.05) is 18.2 Å². The van der Waals surface area contributed by atoms with Gasteiger partial charge in [0, 0.05) is 31.6 Å². The highest BCUT2D eigenvalue weighted by Gasteiger charge is 2.26. The van der Waals surface area contributed by atoms with Crippen LogP contribution in [0.4, 0.5) is 5.69 Å². The van der Waals surface area contributed by atoms with Crippen LogP contribution in [0.1, 0.15) is 37.0 Å². The molecule has 3 rings (SSSR count). The highest BCUT2D eigenvalue weighted by molar-refractivity contribution is 6.02. The lowest BCUT2D eigenvalue weighted by atomic mass is 10.1. The molecule has 0 atom stereocenters. The van der Waals surface area contributed by atoms with Crippen LogP contribution >= 0.6 is 0 Å². The summed E-state index contributed by atoms with van der Waals surface area (Å²) in [6, 6.07) is 14.2. The van der Waals surface area contributed by atoms with E-state index in [0.717, 1.165) is 19.6 Å². The van der Waals surface area contributed by atoms with Gasteiger partial charge in [0.2, 0.25) is 5.91 Å². The van der Waals surface area contributed by atoms with Crippen molar-refractivity contribution < 1.29 is 23.9 Å². The Bertz CT molecular complexity index is 976. The van der Waals surface area contributed by atoms with Crippen LogP contribution in [0.3, 0.4) is 0 Å². The zero-order valence-corrected chi connectivity index (χ0v) is 19.9. The fourth-order valence-corrected chi connectivity index (χ4v) is 3.75. The highest BCUT2D eigenvalue weighted by atomic mass is 16.5. The number of nitrogens with one attached hydrogen (secondary N) is 1. The van der Waals surface area contributed by atoms with E-state index in [0.29, 0.717) is 48.7 Å². The molecule has 2 aromatic rings. The van der Waals surface area contributed by atoms with Crippen LogP contribution in [0.2, 0.25) is 0 Å². The van der Waals surface area contributed by atoms with Gasteiger partial charge in [-0.25, -0.2) is 0 Å². The molecule has 0 saturated carbocycles. The minimum atomic E-state index is -0.197. The molecule has 1 aliphatic rings. The number of rotatable bonds is 13. The third kappa shape index (κ3) is 7.05. The van der Waals surface area contributed by atoms with Crippen LogP contribution in [-0.4, -0.2) is 68.4 Å². The van der Waals surface area contributed by atoms with Crippen molar-refractivity contribution in [3.63, 3.8) is 0 Å². The fourth-order valence-electron chi connectivity index (χ4n) is 3.75. The molecule has 1 heterocycles. The molecule has 1 N–H and O–H groups in total. The number of likely N-dealkylation sites (N-methyl/N-ethyl adjacent to an activating group) is 1. The molecule has 34 heavy (non-hydrogen) atoms. The van der Waals surface area contributed by atoms with E-state index in [1.165, 1.54) is 0 Å². The van der Waals surface area contributed by atoms with Crippen molar-refractivity contribution in [2.24, 2.45) is 0 Å². The molecular weight excluding hydrogens is 434 g/mol. The van der Waals surface area contributed by atoms with Gasteiger partial charge in [-0.3, -0.25) is 14.4 Å². The van der Waals surface area contributed by atoms with Gasteiger partial charge in [-0.2, -0.15) is 0 Å². The summed E-state index contributed by atoms with van der Waals surface area (Å²) in [7, 11) is 0. The van der Waals surface area contributed by atoms with Crippen molar-refractivity contribution in [2.45, 2.75) is 26.7 Å². The van der Waals surface area contributed by atoms with E-state index >= 15 is 0 Å². The Morgan fingerprint density at radius 3 is 2.62 bits per heavy atom. The Kier molecular flexibility index (Phi) is 9.46. The molecular formula is C26H33N3O5. The second kappa shape index (κ2) is 12.7. The average molecular weight is 468 g/mol. The molecule has 0 radical (unpaired) electrons. The maximum Gasteiger partial charge on any atom is 0.265 e. The van der Waals surface area contributed by atoms with E-state index in [1.54, 1.807) is 35.2 Å². The van der Waals surface area contributed by atoms with Crippen LogP contribution < -0.4 is 19.7 Å². The Morgan fingerprint density at radius 1 is 1.12 bits per heavy atom. The number of anilines is 1. The number of fused-ring (bicyclic) bond motifs is 1. The van der Waals surface area contributed by atoms with Crippen LogP contribution in [0.25, 0.3) is 0 Å². The van der Waals surface area contributed by atoms with Crippen LogP contribution in [-0.2, 0) is 9.59 Å². The number of nitrogens with zero attached hydrogens (tertiary/aromatic N) is 2. The Morgan fingerprint density at radius 2 is 1.88 bits per heavy atom. The molecule has 0 aromatic heterocycles. The number of hydrogen-bond acceptors (Lipinski definition) is 6. The topological polar surface area (TPSA) is 88.2 Å². The second-order valence-electron chi connectivity index (χ2n) is 8.02. The van der Waals surface area contributed by atoms with Crippen molar-refractivity contribution >= 4 is 23.3 Å². The summed E-state index contributed by atoms with van der Waals surface area (Å²) in [5, 5.41) is 2.93. The molecule has 0 spiro atoms. The summed E-state index contributed by atoms with van der Waals surface area (Å²) < 4.78 is 11.1. The summed E-state index contributed by atoms with van der Waals surface area (Å²) >= 11 is 0. The second-order valence-corrected chi connectivity index (χ2v) is 8.02. The summed E-state index contributed by atoms with van der Waals surface area (Å²) in [4.78, 5) is 41.2. The van der Waals surface area contributed by atoms with E-state index in [4.69, 9.17) is 9.47 Å². The molecule has 0 fully saturated rings. The average Bonchev–Trinajstić information content (AvgIpc) is 2.86. The predicted molar refractivity (Wildman–Crippen MR) is 131 cm³/mol. The Balaban J connectivity index is 1.55. The van der Waals surface area contributed by atoms with Crippen molar-refractivity contribution in [3.8, 4) is 11.5 Å². The lowest BCUT2D eigenvalue weighted by Gasteiger charge is -2.29. The summed E-state index contributed by atoms with van der Waals surface area (Å²) in [5.41, 5.74) is 0.982. The van der Waals surface area contributed by atoms with E-state index in [2.05, 4.69) is 24.1 Å². The van der Waals surface area contributed by atoms with Gasteiger partial charge in [-0.15, -0.1) is 0 Å². The van der Waals surface area contributed by atoms with Crippen molar-refractivity contribution in [1.29, 1.82) is 0 Å². The van der Waals surface area contributed by atoms with Gasteiger partial charge in [0.1, 0.15) is 11.5 Å². The lowest BCUT2D eigenvalue weighted by Crippen LogP contribution is -2.40. The van der Waals surface area contributed by atoms with Crippen LogP contribution in [0.5, 0.6) is 11.5 Å². The summed E-state index contributed by atoms with van der Waals surface area (Å²) in [5.74, 6) is 0.736. The van der Waals surface area contributed by atoms with Gasteiger partial charge in [-0.05, 0) is 49.8 Å². The summed E-state index contributed by atoms with van der Waals surface area (Å²) in [6.07, 6.45) is 0.833. The van der Waals surface area contributed by atoms with E-state index in [9.17, 15) is 14.4 Å². The first kappa shape index (κ1) is 25.2. The third-order valence-electron chi connectivity index (χ3n) is 5.77. The zero-order chi connectivity index (χ0) is 24.3. The first-order valence-corrected chi connectivity index (χ1v) is 11.8. The number of benzene rings is 2. The monoisotopic (exact) mass is 467 g/mol. The largest absolute Gasteiger partial charge is 0.485 e. The SMILES string of the molecule is CCN(CC)CCNC(=O)CCCN1C(=O)COc2ccc(C(=O)COc3ccccc3)cc21. The van der Waals surface area contributed by atoms with Gasteiger partial charge < -0.3 is 24.6 Å². The van der Waals surface area contributed by atoms with Crippen molar-refractivity contribution in [1.82, 2.24) is 10.2 Å². The van der Waals surface area contributed by atoms with Gasteiger partial charge in [-0.1, -0.05) is 32.0 Å². The van der Waals surface area contributed by atoms with Crippen molar-refractivity contribution in [2.75, 3.05) is 50.8 Å². The highest BCUT2D eigenvalue weighted by Crippen LogP contribution is 2.33. The lowest BCUT2D eigenvalue weighted by molar-refractivity contribution is -0.122. The first-order valence-electron chi connectivity index (χ1n) is 11.8. The van der Waals surface area contributed by atoms with Gasteiger partial charge in [0.15, 0.2) is 19.0 Å². The maximum atomic E-state index is 12.7. The molecule has 0 aliphatic carbocycles. The molecule has 0 unspecified atom stereocenters. The molecule has 2 aromatic carbocycles. The summed E-state index contributed by atoms with van der Waals surface area (Å²) in [6.45, 7) is 7.72. The standard InChI is InChI=1S/C26H33N3O5/c1-3-28(4-2)16-14-27-25(31)11-8-15-29-22-17-20(12-13-24(22)34-19-26(29)32)23(30)18-33-21-9-6-5-7-10-21/h5-7,9-10,12-13,17H,3-4,8,11,14-16,18-19H2,1-2H3,(H,27,31). The van der Waals surface area contributed by atoms with E-state index in [-0.39, 0.29) is 30.8 Å². The minimum Gasteiger partial charge on any atom is -0.485 e. The number of amides is 2. The molecule has 182 valence electrons. The Labute approximate surface area is 200 Å². The number of ether oxygens (including phenoxy) is 2. The number of ketones is 1. The number of hydrogen-bond donors (Lipinski definition) is 1. The van der Waals surface area contributed by atoms with Gasteiger partial charge in [0.25, 0.3) is 5.91 Å². The van der Waals surface area contributed by atoms with Crippen LogP contribution in [0, 0.1) is 0 Å². The predicted octanol–water partition coefficient (Wildman–Crippen LogP) is 2.91. The fraction of sp³-hybridized carbons (Fsp3) is 0.423. The molecule has 8 heteroatoms. The smallest absolute Gasteiger partial charge is 0.265 e. The van der Waals surface area contributed by atoms with Gasteiger partial charge >= 0.3 is 0 Å². The normalized spacial score (nSPS) is 12.8. The number of Topliss-reactive ketones (excluding diaryl/α,β-unsaturated/α-hetero) is 1. The van der Waals surface area contributed by atoms with E-state index < -0.39 is 0 Å². The quantitative estimate of drug-likeness (QED) is 0.456. The number of carbonyl (C=O) groups excluding carboxylic acids is 3. The molecule has 8 nitrogen and oxygen atoms in total. The molecule has 1 aliphatic heterocycles. The van der Waals surface area contributed by atoms with Crippen LogP contribution in [0.15, 0.2) is 48.5 Å². The Hall–Kier alpha value is -3.39. The van der Waals surface area contributed by atoms with Crippen molar-refractivity contribution in [3.05, 3.63) is 54.1 Å². The zero-order valence-electron chi connectivity index (χ0n) is 19.9.